The molecule has 1 aliphatic heterocycles. The maximum Gasteiger partial charge on any atom is 0.222 e. The lowest BCUT2D eigenvalue weighted by atomic mass is 9.83. The standard InChI is InChI=1S/C14H21N5O/c1-14(2)8-11(17-13-15-10-16-18-13)7-12(9-14)19-3-5-20-6-4-19/h7-8,10H,3-6,9H2,1-2H3,(H2,15,16,17,18)/p+1. The van der Waals surface area contributed by atoms with Crippen LogP contribution in [0.3, 0.4) is 0 Å². The fourth-order valence-corrected chi connectivity index (χ4v) is 2.88. The summed E-state index contributed by atoms with van der Waals surface area (Å²) in [5.74, 6) is 0.682. The number of hydrogen-bond donors (Lipinski definition) is 3. The summed E-state index contributed by atoms with van der Waals surface area (Å²) in [4.78, 5) is 5.66. The fraction of sp³-hybridized carbons (Fsp3) is 0.571. The van der Waals surface area contributed by atoms with E-state index in [1.165, 1.54) is 16.9 Å². The van der Waals surface area contributed by atoms with Gasteiger partial charge in [-0.3, -0.25) is 0 Å². The van der Waals surface area contributed by atoms with Crippen LogP contribution in [0.15, 0.2) is 29.9 Å². The minimum atomic E-state index is 0.151. The number of ether oxygens (including phenoxy) is 1. The molecule has 108 valence electrons. The van der Waals surface area contributed by atoms with Gasteiger partial charge in [0.1, 0.15) is 25.1 Å². The number of aromatic amines is 1. The van der Waals surface area contributed by atoms with E-state index in [2.05, 4.69) is 46.5 Å². The SMILES string of the molecule is CC1(C)C=C(Nc2ncn[nH]2)C=C([NH+]2CCOCC2)C1. The molecule has 0 atom stereocenters. The van der Waals surface area contributed by atoms with Crippen molar-refractivity contribution >= 4 is 5.95 Å². The van der Waals surface area contributed by atoms with Crippen molar-refractivity contribution < 1.29 is 9.64 Å². The molecule has 0 radical (unpaired) electrons. The average Bonchev–Trinajstić information content (AvgIpc) is 2.91. The largest absolute Gasteiger partial charge is 0.370 e. The van der Waals surface area contributed by atoms with Crippen molar-refractivity contribution in [2.24, 2.45) is 5.41 Å². The third-order valence-electron chi connectivity index (χ3n) is 3.75. The van der Waals surface area contributed by atoms with Crippen LogP contribution in [0.1, 0.15) is 20.3 Å². The monoisotopic (exact) mass is 276 g/mol. The summed E-state index contributed by atoms with van der Waals surface area (Å²) in [7, 11) is 0. The highest BCUT2D eigenvalue weighted by atomic mass is 16.5. The van der Waals surface area contributed by atoms with Gasteiger partial charge in [-0.1, -0.05) is 19.9 Å². The quantitative estimate of drug-likeness (QED) is 0.744. The van der Waals surface area contributed by atoms with Crippen molar-refractivity contribution in [1.82, 2.24) is 15.2 Å². The second kappa shape index (κ2) is 5.38. The van der Waals surface area contributed by atoms with Gasteiger partial charge in [-0.15, -0.1) is 0 Å². The van der Waals surface area contributed by atoms with Crippen LogP contribution >= 0.6 is 0 Å². The Hall–Kier alpha value is -1.66. The molecule has 2 aliphatic rings. The van der Waals surface area contributed by atoms with E-state index in [0.29, 0.717) is 5.95 Å². The number of quaternary nitrogens is 1. The van der Waals surface area contributed by atoms with Crippen LogP contribution in [0, 0.1) is 5.41 Å². The number of nitrogens with zero attached hydrogens (tertiary/aromatic N) is 2. The van der Waals surface area contributed by atoms with Crippen molar-refractivity contribution in [2.45, 2.75) is 20.3 Å². The third kappa shape index (κ3) is 3.08. The Morgan fingerprint density at radius 3 is 2.85 bits per heavy atom. The summed E-state index contributed by atoms with van der Waals surface area (Å²) in [6.45, 7) is 8.34. The summed E-state index contributed by atoms with van der Waals surface area (Å²) < 4.78 is 5.45. The Morgan fingerprint density at radius 2 is 2.15 bits per heavy atom. The fourth-order valence-electron chi connectivity index (χ4n) is 2.88. The van der Waals surface area contributed by atoms with E-state index in [9.17, 15) is 0 Å². The molecule has 1 aromatic heterocycles. The summed E-state index contributed by atoms with van der Waals surface area (Å²) in [6.07, 6.45) is 7.10. The number of anilines is 1. The van der Waals surface area contributed by atoms with E-state index in [1.807, 2.05) is 0 Å². The van der Waals surface area contributed by atoms with Gasteiger partial charge in [0.05, 0.1) is 13.2 Å². The van der Waals surface area contributed by atoms with Gasteiger partial charge in [-0.2, -0.15) is 10.1 Å². The Balaban J connectivity index is 1.80. The van der Waals surface area contributed by atoms with E-state index in [-0.39, 0.29) is 5.41 Å². The smallest absolute Gasteiger partial charge is 0.222 e. The van der Waals surface area contributed by atoms with Gasteiger partial charge in [0.15, 0.2) is 0 Å². The molecule has 1 saturated heterocycles. The molecule has 20 heavy (non-hydrogen) atoms. The zero-order chi connectivity index (χ0) is 14.0. The van der Waals surface area contributed by atoms with Gasteiger partial charge < -0.3 is 15.0 Å². The molecule has 3 rings (SSSR count). The molecule has 0 spiro atoms. The molecular weight excluding hydrogens is 254 g/mol. The van der Waals surface area contributed by atoms with E-state index >= 15 is 0 Å². The molecule has 1 aliphatic carbocycles. The Bertz CT molecular complexity index is 512. The average molecular weight is 276 g/mol. The van der Waals surface area contributed by atoms with Crippen LogP contribution < -0.4 is 10.2 Å². The van der Waals surface area contributed by atoms with Crippen molar-refractivity contribution in [3.05, 3.63) is 29.9 Å². The number of rotatable bonds is 3. The first-order valence-corrected chi connectivity index (χ1v) is 7.11. The molecule has 6 nitrogen and oxygen atoms in total. The van der Waals surface area contributed by atoms with Crippen LogP contribution in [-0.4, -0.2) is 41.5 Å². The highest BCUT2D eigenvalue weighted by molar-refractivity contribution is 5.42. The van der Waals surface area contributed by atoms with Crippen molar-refractivity contribution in [3.8, 4) is 0 Å². The number of hydrogen-bond acceptors (Lipinski definition) is 4. The molecule has 0 aromatic carbocycles. The maximum absolute atomic E-state index is 5.45. The first-order chi connectivity index (χ1) is 9.62. The summed E-state index contributed by atoms with van der Waals surface area (Å²) >= 11 is 0. The molecule has 3 N–H and O–H groups in total. The molecule has 0 bridgehead atoms. The van der Waals surface area contributed by atoms with Crippen LogP contribution in [-0.2, 0) is 4.74 Å². The maximum atomic E-state index is 5.45. The van der Waals surface area contributed by atoms with Crippen LogP contribution in [0.2, 0.25) is 0 Å². The first kappa shape index (κ1) is 13.3. The predicted molar refractivity (Wildman–Crippen MR) is 76.1 cm³/mol. The van der Waals surface area contributed by atoms with Gasteiger partial charge in [0, 0.05) is 18.2 Å². The van der Waals surface area contributed by atoms with E-state index in [0.717, 1.165) is 38.4 Å². The molecule has 6 heteroatoms. The lowest BCUT2D eigenvalue weighted by Crippen LogP contribution is -3.12. The predicted octanol–water partition coefficient (Wildman–Crippen LogP) is 0.329. The molecular formula is C14H22N5O+. The Kier molecular flexibility index (Phi) is 3.58. The third-order valence-corrected chi connectivity index (χ3v) is 3.75. The highest BCUT2D eigenvalue weighted by Gasteiger charge is 2.29. The minimum absolute atomic E-state index is 0.151. The molecule has 0 saturated carbocycles. The van der Waals surface area contributed by atoms with Gasteiger partial charge in [0.25, 0.3) is 0 Å². The molecule has 0 amide bonds. The number of morpholine rings is 1. The first-order valence-electron chi connectivity index (χ1n) is 7.11. The number of nitrogens with one attached hydrogen (secondary N) is 3. The topological polar surface area (TPSA) is 67.3 Å². The number of H-pyrrole nitrogens is 1. The van der Waals surface area contributed by atoms with Crippen LogP contribution in [0.25, 0.3) is 0 Å². The van der Waals surface area contributed by atoms with E-state index in [1.54, 1.807) is 0 Å². The highest BCUT2D eigenvalue weighted by Crippen LogP contribution is 2.31. The summed E-state index contributed by atoms with van der Waals surface area (Å²) in [5.41, 5.74) is 2.69. The van der Waals surface area contributed by atoms with E-state index < -0.39 is 0 Å². The number of allylic oxidation sites excluding steroid dienone is 3. The Labute approximate surface area is 118 Å². The van der Waals surface area contributed by atoms with Crippen LogP contribution in [0.4, 0.5) is 5.95 Å². The van der Waals surface area contributed by atoms with Crippen molar-refractivity contribution in [3.63, 3.8) is 0 Å². The second-order valence-corrected chi connectivity index (χ2v) is 6.11. The molecule has 0 unspecified atom stereocenters. The lowest BCUT2D eigenvalue weighted by molar-refractivity contribution is -0.871. The van der Waals surface area contributed by atoms with Crippen LogP contribution in [0.5, 0.6) is 0 Å². The lowest BCUT2D eigenvalue weighted by Gasteiger charge is -2.33. The molecule has 1 aromatic rings. The summed E-state index contributed by atoms with van der Waals surface area (Å²) in [6, 6.07) is 0. The normalized spacial score (nSPS) is 23.1. The summed E-state index contributed by atoms with van der Waals surface area (Å²) in [5, 5.41) is 10.00. The minimum Gasteiger partial charge on any atom is -0.370 e. The van der Waals surface area contributed by atoms with Gasteiger partial charge >= 0.3 is 0 Å². The van der Waals surface area contributed by atoms with E-state index in [4.69, 9.17) is 4.74 Å². The molecule has 1 fully saturated rings. The molecule has 2 heterocycles. The zero-order valence-electron chi connectivity index (χ0n) is 12.1. The van der Waals surface area contributed by atoms with Gasteiger partial charge in [0.2, 0.25) is 5.95 Å². The second-order valence-electron chi connectivity index (χ2n) is 6.11. The number of aromatic nitrogens is 3. The van der Waals surface area contributed by atoms with Gasteiger partial charge in [-0.05, 0) is 5.41 Å². The van der Waals surface area contributed by atoms with Gasteiger partial charge in [-0.25, -0.2) is 5.10 Å². The zero-order valence-corrected chi connectivity index (χ0v) is 12.1. The van der Waals surface area contributed by atoms with Crippen molar-refractivity contribution in [1.29, 1.82) is 0 Å². The Morgan fingerprint density at radius 1 is 1.35 bits per heavy atom. The van der Waals surface area contributed by atoms with Crippen molar-refractivity contribution in [2.75, 3.05) is 31.6 Å².